The first-order valence-corrected chi connectivity index (χ1v) is 11.2. The normalized spacial score (nSPS) is 22.2. The molecule has 0 aromatic carbocycles. The van der Waals surface area contributed by atoms with Crippen molar-refractivity contribution in [1.82, 2.24) is 25.4 Å². The van der Waals surface area contributed by atoms with E-state index in [1.54, 1.807) is 30.3 Å². The molecular weight excluding hydrogens is 394 g/mol. The van der Waals surface area contributed by atoms with Crippen LogP contribution in [0.15, 0.2) is 24.4 Å². The fourth-order valence-electron chi connectivity index (χ4n) is 4.50. The molecule has 8 nitrogen and oxygen atoms in total. The highest BCUT2D eigenvalue weighted by molar-refractivity contribution is 5.93. The van der Waals surface area contributed by atoms with E-state index < -0.39 is 0 Å². The van der Waals surface area contributed by atoms with Crippen molar-refractivity contribution in [2.45, 2.75) is 51.5 Å². The number of amides is 2. The summed E-state index contributed by atoms with van der Waals surface area (Å²) in [6, 6.07) is 5.69. The highest BCUT2D eigenvalue weighted by Crippen LogP contribution is 2.26. The number of hydrogen-bond acceptors (Lipinski definition) is 5. The predicted molar refractivity (Wildman–Crippen MR) is 117 cm³/mol. The van der Waals surface area contributed by atoms with Gasteiger partial charge in [-0.3, -0.25) is 14.7 Å². The van der Waals surface area contributed by atoms with Crippen LogP contribution in [0.5, 0.6) is 5.88 Å². The molecule has 3 heterocycles. The van der Waals surface area contributed by atoms with Crippen molar-refractivity contribution in [3.8, 4) is 17.1 Å². The third kappa shape index (κ3) is 5.06. The number of carbonyl (C=O) groups excluding carboxylic acids is 2. The summed E-state index contributed by atoms with van der Waals surface area (Å²) >= 11 is 0. The van der Waals surface area contributed by atoms with E-state index in [0.717, 1.165) is 30.0 Å². The van der Waals surface area contributed by atoms with Crippen molar-refractivity contribution in [2.75, 3.05) is 20.2 Å². The Balaban J connectivity index is 1.30. The minimum absolute atomic E-state index is 0.0116. The second-order valence-electron chi connectivity index (χ2n) is 8.79. The van der Waals surface area contributed by atoms with Crippen molar-refractivity contribution >= 4 is 11.8 Å². The van der Waals surface area contributed by atoms with Gasteiger partial charge in [0.2, 0.25) is 11.8 Å². The molecule has 0 spiro atoms. The lowest BCUT2D eigenvalue weighted by Gasteiger charge is -2.33. The van der Waals surface area contributed by atoms with Crippen molar-refractivity contribution < 1.29 is 14.3 Å². The Morgan fingerprint density at radius 2 is 1.87 bits per heavy atom. The van der Waals surface area contributed by atoms with Gasteiger partial charge >= 0.3 is 0 Å². The average molecular weight is 426 g/mol. The number of piperidine rings is 1. The van der Waals surface area contributed by atoms with Crippen LogP contribution in [0.4, 0.5) is 0 Å². The maximum atomic E-state index is 12.9. The molecule has 1 saturated carbocycles. The Hall–Kier alpha value is -2.90. The van der Waals surface area contributed by atoms with Crippen LogP contribution >= 0.6 is 0 Å². The van der Waals surface area contributed by atoms with Crippen LogP contribution in [0.2, 0.25) is 0 Å². The van der Waals surface area contributed by atoms with Crippen LogP contribution in [-0.2, 0) is 4.79 Å². The largest absolute Gasteiger partial charge is 0.481 e. The molecule has 2 N–H and O–H groups in total. The number of pyridine rings is 1. The van der Waals surface area contributed by atoms with E-state index in [1.807, 2.05) is 6.07 Å². The Bertz CT molecular complexity index is 911. The first-order valence-electron chi connectivity index (χ1n) is 11.2. The van der Waals surface area contributed by atoms with E-state index >= 15 is 0 Å². The number of hydrogen-bond donors (Lipinski definition) is 2. The lowest BCUT2D eigenvalue weighted by molar-refractivity contribution is -0.127. The first kappa shape index (κ1) is 21.3. The van der Waals surface area contributed by atoms with Crippen molar-refractivity contribution in [2.24, 2.45) is 11.8 Å². The zero-order chi connectivity index (χ0) is 21.8. The molecule has 1 saturated heterocycles. The van der Waals surface area contributed by atoms with Gasteiger partial charge in [-0.25, -0.2) is 4.98 Å². The SMILES string of the molecule is COc1cc(-c2cc(C(=O)N3CCC(C(=O)N[C@H]4CC[C@H](C)CC4)CC3)n[nH]2)ccn1. The molecule has 2 aromatic rings. The number of nitrogens with zero attached hydrogens (tertiary/aromatic N) is 3. The number of aromatic amines is 1. The predicted octanol–water partition coefficient (Wildman–Crippen LogP) is 3.03. The maximum Gasteiger partial charge on any atom is 0.274 e. The van der Waals surface area contributed by atoms with E-state index in [9.17, 15) is 9.59 Å². The molecule has 8 heteroatoms. The average Bonchev–Trinajstić information content (AvgIpc) is 3.30. The molecule has 2 amide bonds. The summed E-state index contributed by atoms with van der Waals surface area (Å²) in [5.41, 5.74) is 1.97. The number of aromatic nitrogens is 3. The highest BCUT2D eigenvalue weighted by Gasteiger charge is 2.30. The monoisotopic (exact) mass is 425 g/mol. The number of likely N-dealkylation sites (tertiary alicyclic amines) is 1. The molecule has 166 valence electrons. The molecular formula is C23H31N5O3. The van der Waals surface area contributed by atoms with E-state index in [0.29, 0.717) is 43.5 Å². The Kier molecular flexibility index (Phi) is 6.53. The Morgan fingerprint density at radius 3 is 2.58 bits per heavy atom. The van der Waals surface area contributed by atoms with E-state index in [-0.39, 0.29) is 17.7 Å². The first-order chi connectivity index (χ1) is 15.0. The van der Waals surface area contributed by atoms with Crippen LogP contribution < -0.4 is 10.1 Å². The van der Waals surface area contributed by atoms with Gasteiger partial charge < -0.3 is 15.0 Å². The van der Waals surface area contributed by atoms with Gasteiger partial charge in [0.15, 0.2) is 5.69 Å². The smallest absolute Gasteiger partial charge is 0.274 e. The second-order valence-corrected chi connectivity index (χ2v) is 8.79. The lowest BCUT2D eigenvalue weighted by atomic mass is 9.86. The zero-order valence-electron chi connectivity index (χ0n) is 18.3. The lowest BCUT2D eigenvalue weighted by Crippen LogP contribution is -2.46. The van der Waals surface area contributed by atoms with Gasteiger partial charge in [-0.15, -0.1) is 0 Å². The molecule has 2 fully saturated rings. The Morgan fingerprint density at radius 1 is 1.13 bits per heavy atom. The van der Waals surface area contributed by atoms with Gasteiger partial charge in [-0.2, -0.15) is 5.10 Å². The molecule has 0 bridgehead atoms. The second kappa shape index (κ2) is 9.49. The summed E-state index contributed by atoms with van der Waals surface area (Å²) in [7, 11) is 1.56. The summed E-state index contributed by atoms with van der Waals surface area (Å²) < 4.78 is 5.15. The van der Waals surface area contributed by atoms with Crippen LogP contribution in [-0.4, -0.2) is 58.1 Å². The summed E-state index contributed by atoms with van der Waals surface area (Å²) in [5.74, 6) is 1.31. The number of H-pyrrole nitrogens is 1. The summed E-state index contributed by atoms with van der Waals surface area (Å²) in [5, 5.41) is 10.4. The molecule has 0 radical (unpaired) electrons. The number of rotatable bonds is 5. The molecule has 2 aromatic heterocycles. The van der Waals surface area contributed by atoms with Gasteiger partial charge in [0, 0.05) is 42.9 Å². The van der Waals surface area contributed by atoms with Crippen LogP contribution in [0, 0.1) is 11.8 Å². The fourth-order valence-corrected chi connectivity index (χ4v) is 4.50. The molecule has 0 unspecified atom stereocenters. The van der Waals surface area contributed by atoms with Crippen molar-refractivity contribution in [3.05, 3.63) is 30.1 Å². The van der Waals surface area contributed by atoms with Gasteiger partial charge in [0.05, 0.1) is 12.8 Å². The molecule has 31 heavy (non-hydrogen) atoms. The zero-order valence-corrected chi connectivity index (χ0v) is 18.3. The minimum atomic E-state index is -0.108. The molecule has 2 aliphatic rings. The number of ether oxygens (including phenoxy) is 1. The minimum Gasteiger partial charge on any atom is -0.481 e. The van der Waals surface area contributed by atoms with Crippen molar-refractivity contribution in [3.63, 3.8) is 0 Å². The van der Waals surface area contributed by atoms with Crippen molar-refractivity contribution in [1.29, 1.82) is 0 Å². The number of carbonyl (C=O) groups is 2. The maximum absolute atomic E-state index is 12.9. The third-order valence-electron chi connectivity index (χ3n) is 6.57. The topological polar surface area (TPSA) is 100 Å². The van der Waals surface area contributed by atoms with Crippen LogP contribution in [0.25, 0.3) is 11.3 Å². The van der Waals surface area contributed by atoms with E-state index in [4.69, 9.17) is 4.74 Å². The summed E-state index contributed by atoms with van der Waals surface area (Å²) in [4.78, 5) is 31.4. The standard InChI is InChI=1S/C23H31N5O3/c1-15-3-5-18(6-4-15)25-22(29)16-8-11-28(12-9-16)23(30)20-14-19(26-27-20)17-7-10-24-21(13-17)31-2/h7,10,13-16,18H,3-6,8-9,11-12H2,1-2H3,(H,25,29)(H,26,27)/t15-,18-. The molecule has 0 atom stereocenters. The van der Waals surface area contributed by atoms with Gasteiger partial charge in [0.25, 0.3) is 5.91 Å². The van der Waals surface area contributed by atoms with E-state index in [1.165, 1.54) is 12.8 Å². The highest BCUT2D eigenvalue weighted by atomic mass is 16.5. The molecule has 1 aliphatic carbocycles. The van der Waals surface area contributed by atoms with Gasteiger partial charge in [0.1, 0.15) is 0 Å². The van der Waals surface area contributed by atoms with E-state index in [2.05, 4.69) is 27.4 Å². The van der Waals surface area contributed by atoms with Gasteiger partial charge in [-0.1, -0.05) is 6.92 Å². The molecule has 1 aliphatic heterocycles. The van der Waals surface area contributed by atoms with Crippen LogP contribution in [0.3, 0.4) is 0 Å². The third-order valence-corrected chi connectivity index (χ3v) is 6.57. The van der Waals surface area contributed by atoms with Gasteiger partial charge in [-0.05, 0) is 56.6 Å². The Labute approximate surface area is 182 Å². The summed E-state index contributed by atoms with van der Waals surface area (Å²) in [6.07, 6.45) is 7.58. The molecule has 4 rings (SSSR count). The summed E-state index contributed by atoms with van der Waals surface area (Å²) in [6.45, 7) is 3.43. The van der Waals surface area contributed by atoms with Crippen LogP contribution in [0.1, 0.15) is 55.9 Å². The fraction of sp³-hybridized carbons (Fsp3) is 0.565. The quantitative estimate of drug-likeness (QED) is 0.767. The number of methoxy groups -OCH3 is 1. The number of nitrogens with one attached hydrogen (secondary N) is 2.